The Labute approximate surface area is 105 Å². The van der Waals surface area contributed by atoms with Gasteiger partial charge in [0, 0.05) is 37.3 Å². The number of thiazole rings is 1. The summed E-state index contributed by atoms with van der Waals surface area (Å²) in [5.74, 6) is -0.0298. The quantitative estimate of drug-likeness (QED) is 0.848. The smallest absolute Gasteiger partial charge is 0.246 e. The fraction of sp³-hybridized carbons (Fsp3) is 0.636. The first kappa shape index (κ1) is 12.3. The zero-order valence-electron chi connectivity index (χ0n) is 9.89. The maximum absolute atomic E-state index is 11.5. The van der Waals surface area contributed by atoms with Crippen LogP contribution >= 0.6 is 11.3 Å². The topological polar surface area (TPSA) is 54.5 Å². The molecule has 2 rings (SSSR count). The molecule has 0 spiro atoms. The predicted octanol–water partition coefficient (Wildman–Crippen LogP) is 0.874. The van der Waals surface area contributed by atoms with Gasteiger partial charge in [0.25, 0.3) is 0 Å². The highest BCUT2D eigenvalue weighted by Gasteiger charge is 2.25. The summed E-state index contributed by atoms with van der Waals surface area (Å²) in [6, 6.07) is 0.215. The van der Waals surface area contributed by atoms with Crippen molar-refractivity contribution in [3.05, 3.63) is 11.6 Å². The molecule has 1 N–H and O–H groups in total. The summed E-state index contributed by atoms with van der Waals surface area (Å²) in [4.78, 5) is 18.0. The molecule has 1 amide bonds. The minimum absolute atomic E-state index is 0.0298. The molecule has 0 aromatic carbocycles. The van der Waals surface area contributed by atoms with Gasteiger partial charge in [0.05, 0.1) is 0 Å². The first-order valence-electron chi connectivity index (χ1n) is 5.81. The number of rotatable bonds is 5. The Bertz CT molecular complexity index is 356. The SMILES string of the molecule is CCOCC(=O)NC1CCN(c2nccs2)C1. The van der Waals surface area contributed by atoms with Gasteiger partial charge < -0.3 is 15.0 Å². The minimum Gasteiger partial charge on any atom is -0.372 e. The van der Waals surface area contributed by atoms with Crippen LogP contribution in [0.25, 0.3) is 0 Å². The van der Waals surface area contributed by atoms with Crippen LogP contribution < -0.4 is 10.2 Å². The molecule has 94 valence electrons. The molecule has 5 nitrogen and oxygen atoms in total. The van der Waals surface area contributed by atoms with Crippen LogP contribution in [-0.4, -0.2) is 43.2 Å². The number of carbonyl (C=O) groups excluding carboxylic acids is 1. The van der Waals surface area contributed by atoms with E-state index in [9.17, 15) is 4.79 Å². The lowest BCUT2D eigenvalue weighted by atomic mass is 10.2. The Morgan fingerprint density at radius 1 is 1.76 bits per heavy atom. The molecule has 6 heteroatoms. The number of anilines is 1. The number of hydrogen-bond donors (Lipinski definition) is 1. The third kappa shape index (κ3) is 3.41. The number of amides is 1. The van der Waals surface area contributed by atoms with Gasteiger partial charge in [-0.3, -0.25) is 4.79 Å². The van der Waals surface area contributed by atoms with Crippen LogP contribution in [0.1, 0.15) is 13.3 Å². The van der Waals surface area contributed by atoms with Crippen LogP contribution in [0.3, 0.4) is 0 Å². The molecule has 0 saturated carbocycles. The second-order valence-electron chi connectivity index (χ2n) is 3.95. The van der Waals surface area contributed by atoms with Gasteiger partial charge in [0.1, 0.15) is 6.61 Å². The third-order valence-corrected chi connectivity index (χ3v) is 3.51. The molecule has 1 saturated heterocycles. The van der Waals surface area contributed by atoms with Crippen molar-refractivity contribution in [1.29, 1.82) is 0 Å². The van der Waals surface area contributed by atoms with Crippen molar-refractivity contribution in [1.82, 2.24) is 10.3 Å². The summed E-state index contributed by atoms with van der Waals surface area (Å²) >= 11 is 1.63. The van der Waals surface area contributed by atoms with Crippen molar-refractivity contribution in [3.63, 3.8) is 0 Å². The number of nitrogens with one attached hydrogen (secondary N) is 1. The van der Waals surface area contributed by atoms with Gasteiger partial charge in [0.2, 0.25) is 5.91 Å². The largest absolute Gasteiger partial charge is 0.372 e. The third-order valence-electron chi connectivity index (χ3n) is 2.68. The number of aromatic nitrogens is 1. The minimum atomic E-state index is -0.0298. The first-order chi connectivity index (χ1) is 8.29. The Morgan fingerprint density at radius 2 is 2.65 bits per heavy atom. The van der Waals surface area contributed by atoms with E-state index in [2.05, 4.69) is 15.2 Å². The lowest BCUT2D eigenvalue weighted by Gasteiger charge is -2.15. The van der Waals surface area contributed by atoms with Crippen LogP contribution in [0.5, 0.6) is 0 Å². The van der Waals surface area contributed by atoms with E-state index in [1.165, 1.54) is 0 Å². The van der Waals surface area contributed by atoms with Crippen molar-refractivity contribution >= 4 is 22.4 Å². The van der Waals surface area contributed by atoms with E-state index in [0.717, 1.165) is 24.6 Å². The van der Waals surface area contributed by atoms with Crippen LogP contribution in [-0.2, 0) is 9.53 Å². The standard InChI is InChI=1S/C11H17N3O2S/c1-2-16-8-10(15)13-9-3-5-14(7-9)11-12-4-6-17-11/h4,6,9H,2-3,5,7-8H2,1H3,(H,13,15). The second kappa shape index (κ2) is 5.97. The van der Waals surface area contributed by atoms with Crippen LogP contribution in [0.4, 0.5) is 5.13 Å². The van der Waals surface area contributed by atoms with Crippen molar-refractivity contribution in [3.8, 4) is 0 Å². The molecule has 1 atom stereocenters. The zero-order chi connectivity index (χ0) is 12.1. The number of hydrogen-bond acceptors (Lipinski definition) is 5. The highest BCUT2D eigenvalue weighted by Crippen LogP contribution is 2.22. The van der Waals surface area contributed by atoms with E-state index in [0.29, 0.717) is 6.61 Å². The van der Waals surface area contributed by atoms with Crippen molar-refractivity contribution in [2.45, 2.75) is 19.4 Å². The zero-order valence-corrected chi connectivity index (χ0v) is 10.7. The molecule has 0 bridgehead atoms. The van der Waals surface area contributed by atoms with E-state index in [1.807, 2.05) is 12.3 Å². The second-order valence-corrected chi connectivity index (χ2v) is 4.82. The van der Waals surface area contributed by atoms with Crippen molar-refractivity contribution in [2.75, 3.05) is 31.2 Å². The highest BCUT2D eigenvalue weighted by atomic mass is 32.1. The van der Waals surface area contributed by atoms with Gasteiger partial charge in [-0.15, -0.1) is 11.3 Å². The molecule has 1 aromatic rings. The molecular weight excluding hydrogens is 238 g/mol. The summed E-state index contributed by atoms with van der Waals surface area (Å²) in [6.45, 7) is 4.40. The Kier molecular flexibility index (Phi) is 4.33. The average molecular weight is 255 g/mol. The lowest BCUT2D eigenvalue weighted by Crippen LogP contribution is -2.39. The Balaban J connectivity index is 1.76. The molecule has 1 fully saturated rings. The van der Waals surface area contributed by atoms with E-state index < -0.39 is 0 Å². The monoisotopic (exact) mass is 255 g/mol. The van der Waals surface area contributed by atoms with E-state index >= 15 is 0 Å². The van der Waals surface area contributed by atoms with Crippen LogP contribution in [0.15, 0.2) is 11.6 Å². The van der Waals surface area contributed by atoms with Gasteiger partial charge >= 0.3 is 0 Å². The van der Waals surface area contributed by atoms with Gasteiger partial charge in [-0.1, -0.05) is 0 Å². The number of ether oxygens (including phenoxy) is 1. The maximum atomic E-state index is 11.5. The summed E-state index contributed by atoms with van der Waals surface area (Å²) in [5, 5.41) is 5.98. The van der Waals surface area contributed by atoms with Gasteiger partial charge in [-0.25, -0.2) is 4.98 Å². The van der Waals surface area contributed by atoms with Gasteiger partial charge in [-0.2, -0.15) is 0 Å². The summed E-state index contributed by atoms with van der Waals surface area (Å²) in [6.07, 6.45) is 2.78. The molecule has 2 heterocycles. The molecular formula is C11H17N3O2S. The fourth-order valence-corrected chi connectivity index (χ4v) is 2.57. The normalized spacial score (nSPS) is 19.6. The summed E-state index contributed by atoms with van der Waals surface area (Å²) < 4.78 is 5.07. The molecule has 0 aliphatic carbocycles. The molecule has 1 aliphatic rings. The molecule has 0 radical (unpaired) electrons. The van der Waals surface area contributed by atoms with Crippen molar-refractivity contribution < 1.29 is 9.53 Å². The molecule has 1 aliphatic heterocycles. The first-order valence-corrected chi connectivity index (χ1v) is 6.69. The summed E-state index contributed by atoms with van der Waals surface area (Å²) in [7, 11) is 0. The van der Waals surface area contributed by atoms with Crippen molar-refractivity contribution in [2.24, 2.45) is 0 Å². The predicted molar refractivity (Wildman–Crippen MR) is 67.4 cm³/mol. The fourth-order valence-electron chi connectivity index (χ4n) is 1.89. The van der Waals surface area contributed by atoms with E-state index in [4.69, 9.17) is 4.74 Å². The Hall–Kier alpha value is -1.14. The van der Waals surface area contributed by atoms with E-state index in [-0.39, 0.29) is 18.6 Å². The molecule has 17 heavy (non-hydrogen) atoms. The maximum Gasteiger partial charge on any atom is 0.246 e. The number of carbonyl (C=O) groups is 1. The molecule has 1 aromatic heterocycles. The van der Waals surface area contributed by atoms with Gasteiger partial charge in [0.15, 0.2) is 5.13 Å². The van der Waals surface area contributed by atoms with Crippen LogP contribution in [0, 0.1) is 0 Å². The lowest BCUT2D eigenvalue weighted by molar-refractivity contribution is -0.126. The van der Waals surface area contributed by atoms with E-state index in [1.54, 1.807) is 17.5 Å². The summed E-state index contributed by atoms with van der Waals surface area (Å²) in [5.41, 5.74) is 0. The van der Waals surface area contributed by atoms with Crippen LogP contribution in [0.2, 0.25) is 0 Å². The average Bonchev–Trinajstić information content (AvgIpc) is 2.95. The number of nitrogens with zero attached hydrogens (tertiary/aromatic N) is 2. The highest BCUT2D eigenvalue weighted by molar-refractivity contribution is 7.13. The molecule has 1 unspecified atom stereocenters. The Morgan fingerprint density at radius 3 is 3.35 bits per heavy atom. The van der Waals surface area contributed by atoms with Gasteiger partial charge in [-0.05, 0) is 13.3 Å².